The number of halogens is 3. The van der Waals surface area contributed by atoms with Crippen molar-refractivity contribution in [1.29, 1.82) is 5.26 Å². The maximum Gasteiger partial charge on any atom is 0.418 e. The van der Waals surface area contributed by atoms with Crippen molar-refractivity contribution in [1.82, 2.24) is 10.3 Å². The molecule has 0 aliphatic carbocycles. The Morgan fingerprint density at radius 3 is 2.64 bits per heavy atom. The van der Waals surface area contributed by atoms with E-state index in [2.05, 4.69) is 20.9 Å². The van der Waals surface area contributed by atoms with Crippen LogP contribution in [0.5, 0.6) is 0 Å². The number of urea groups is 1. The van der Waals surface area contributed by atoms with E-state index in [1.54, 1.807) is 26.2 Å². The monoisotopic (exact) mass is 392 g/mol. The van der Waals surface area contributed by atoms with E-state index in [-0.39, 0.29) is 18.8 Å². The molecule has 0 fully saturated rings. The highest BCUT2D eigenvalue weighted by molar-refractivity contribution is 5.90. The van der Waals surface area contributed by atoms with Crippen molar-refractivity contribution in [2.24, 2.45) is 0 Å². The number of benzene rings is 1. The molecule has 0 atom stereocenters. The third-order valence-corrected chi connectivity index (χ3v) is 3.70. The fourth-order valence-corrected chi connectivity index (χ4v) is 2.31. The summed E-state index contributed by atoms with van der Waals surface area (Å²) < 4.78 is 39.8. The lowest BCUT2D eigenvalue weighted by atomic mass is 10.1. The Morgan fingerprint density at radius 1 is 1.25 bits per heavy atom. The second-order valence-corrected chi connectivity index (χ2v) is 5.94. The SMILES string of the molecule is CN(C)c1ccc(NC(=O)NCCNc2ncccc2C#N)c(C(F)(F)F)c1. The molecule has 1 aromatic carbocycles. The summed E-state index contributed by atoms with van der Waals surface area (Å²) in [6.45, 7) is 0.356. The van der Waals surface area contributed by atoms with Gasteiger partial charge in [0.2, 0.25) is 0 Å². The second-order valence-electron chi connectivity index (χ2n) is 5.94. The number of nitriles is 1. The summed E-state index contributed by atoms with van der Waals surface area (Å²) in [4.78, 5) is 17.5. The number of hydrogen-bond donors (Lipinski definition) is 3. The molecule has 0 saturated carbocycles. The van der Waals surface area contributed by atoms with Gasteiger partial charge in [0, 0.05) is 39.1 Å². The number of hydrogen-bond acceptors (Lipinski definition) is 5. The second kappa shape index (κ2) is 8.94. The highest BCUT2D eigenvalue weighted by Crippen LogP contribution is 2.37. The third kappa shape index (κ3) is 5.51. The van der Waals surface area contributed by atoms with Gasteiger partial charge in [-0.25, -0.2) is 9.78 Å². The molecule has 7 nitrogen and oxygen atoms in total. The number of carbonyl (C=O) groups excluding carboxylic acids is 1. The van der Waals surface area contributed by atoms with Crippen molar-refractivity contribution >= 4 is 23.2 Å². The van der Waals surface area contributed by atoms with Crippen LogP contribution in [0.15, 0.2) is 36.5 Å². The Hall–Kier alpha value is -3.48. The minimum absolute atomic E-state index is 0.115. The number of anilines is 3. The Morgan fingerprint density at radius 2 is 2.00 bits per heavy atom. The predicted octanol–water partition coefficient (Wildman–Crippen LogP) is 3.27. The normalized spacial score (nSPS) is 10.7. The van der Waals surface area contributed by atoms with Gasteiger partial charge in [-0.15, -0.1) is 0 Å². The summed E-state index contributed by atoms with van der Waals surface area (Å²) in [6, 6.07) is 8.08. The Kier molecular flexibility index (Phi) is 6.65. The fourth-order valence-electron chi connectivity index (χ4n) is 2.31. The summed E-state index contributed by atoms with van der Waals surface area (Å²) >= 11 is 0. The summed E-state index contributed by atoms with van der Waals surface area (Å²) in [5.41, 5.74) is -0.548. The van der Waals surface area contributed by atoms with Crippen LogP contribution < -0.4 is 20.9 Å². The zero-order valence-corrected chi connectivity index (χ0v) is 15.3. The maximum atomic E-state index is 13.3. The summed E-state index contributed by atoms with van der Waals surface area (Å²) in [7, 11) is 3.25. The van der Waals surface area contributed by atoms with Crippen LogP contribution in [0.3, 0.4) is 0 Å². The third-order valence-electron chi connectivity index (χ3n) is 3.70. The predicted molar refractivity (Wildman–Crippen MR) is 100 cm³/mol. The van der Waals surface area contributed by atoms with Gasteiger partial charge in [0.1, 0.15) is 11.9 Å². The average Bonchev–Trinajstić information content (AvgIpc) is 2.64. The first-order valence-electron chi connectivity index (χ1n) is 8.24. The lowest BCUT2D eigenvalue weighted by Gasteiger charge is -2.19. The van der Waals surface area contributed by atoms with Crippen molar-refractivity contribution in [3.05, 3.63) is 47.7 Å². The number of aromatic nitrogens is 1. The van der Waals surface area contributed by atoms with Gasteiger partial charge in [0.15, 0.2) is 0 Å². The minimum atomic E-state index is -4.61. The van der Waals surface area contributed by atoms with Gasteiger partial charge in [0.05, 0.1) is 16.8 Å². The highest BCUT2D eigenvalue weighted by Gasteiger charge is 2.34. The standard InChI is InChI=1S/C18H19F3N6O/c1-27(2)13-5-6-15(14(10-13)18(19,20)21)26-17(28)25-9-8-24-16-12(11-22)4-3-7-23-16/h3-7,10H,8-9H2,1-2H3,(H,23,24)(H2,25,26,28). The number of nitrogens with one attached hydrogen (secondary N) is 3. The van der Waals surface area contributed by atoms with Crippen LogP contribution in [-0.4, -0.2) is 38.2 Å². The van der Waals surface area contributed by atoms with Crippen LogP contribution >= 0.6 is 0 Å². The average molecular weight is 392 g/mol. The molecule has 28 heavy (non-hydrogen) atoms. The molecule has 0 unspecified atom stereocenters. The van der Waals surface area contributed by atoms with E-state index in [0.29, 0.717) is 17.1 Å². The molecule has 0 saturated heterocycles. The quantitative estimate of drug-likeness (QED) is 0.656. The van der Waals surface area contributed by atoms with Crippen molar-refractivity contribution in [2.45, 2.75) is 6.18 Å². The molecule has 2 aromatic rings. The van der Waals surface area contributed by atoms with E-state index in [4.69, 9.17) is 5.26 Å². The van der Waals surface area contributed by atoms with E-state index < -0.39 is 17.8 Å². The number of nitrogens with zero attached hydrogens (tertiary/aromatic N) is 3. The van der Waals surface area contributed by atoms with E-state index in [1.807, 2.05) is 6.07 Å². The highest BCUT2D eigenvalue weighted by atomic mass is 19.4. The largest absolute Gasteiger partial charge is 0.418 e. The molecule has 0 aliphatic rings. The van der Waals surface area contributed by atoms with Crippen LogP contribution in [0.2, 0.25) is 0 Å². The number of alkyl halides is 3. The molecule has 2 amide bonds. The van der Waals surface area contributed by atoms with E-state index in [1.165, 1.54) is 23.2 Å². The first-order valence-corrected chi connectivity index (χ1v) is 8.24. The molecular weight excluding hydrogens is 373 g/mol. The zero-order valence-electron chi connectivity index (χ0n) is 15.3. The maximum absolute atomic E-state index is 13.3. The number of pyridine rings is 1. The van der Waals surface area contributed by atoms with Crippen LogP contribution in [0.25, 0.3) is 0 Å². The Bertz CT molecular complexity index is 876. The van der Waals surface area contributed by atoms with Crippen molar-refractivity contribution < 1.29 is 18.0 Å². The van der Waals surface area contributed by atoms with Gasteiger partial charge < -0.3 is 20.9 Å². The number of rotatable bonds is 6. The molecule has 148 valence electrons. The molecule has 3 N–H and O–H groups in total. The van der Waals surface area contributed by atoms with Gasteiger partial charge in [-0.05, 0) is 30.3 Å². The van der Waals surface area contributed by atoms with Gasteiger partial charge in [-0.1, -0.05) is 0 Å². The topological polar surface area (TPSA) is 93.1 Å². The molecule has 2 rings (SSSR count). The molecule has 1 aromatic heterocycles. The molecular formula is C18H19F3N6O. The van der Waals surface area contributed by atoms with Crippen LogP contribution in [0.4, 0.5) is 35.2 Å². The first kappa shape index (κ1) is 20.8. The molecule has 0 radical (unpaired) electrons. The summed E-state index contributed by atoms with van der Waals surface area (Å²) in [5, 5.41) is 16.5. The summed E-state index contributed by atoms with van der Waals surface area (Å²) in [6.07, 6.45) is -3.10. The van der Waals surface area contributed by atoms with E-state index in [0.717, 1.165) is 6.07 Å². The van der Waals surface area contributed by atoms with Gasteiger partial charge >= 0.3 is 12.2 Å². The van der Waals surface area contributed by atoms with Crippen molar-refractivity contribution in [2.75, 3.05) is 42.7 Å². The number of amides is 2. The van der Waals surface area contributed by atoms with Gasteiger partial charge in [-0.2, -0.15) is 18.4 Å². The first-order chi connectivity index (χ1) is 13.2. The Balaban J connectivity index is 1.95. The fraction of sp³-hybridized carbons (Fsp3) is 0.278. The van der Waals surface area contributed by atoms with Crippen LogP contribution in [0, 0.1) is 11.3 Å². The van der Waals surface area contributed by atoms with Gasteiger partial charge in [-0.3, -0.25) is 0 Å². The van der Waals surface area contributed by atoms with E-state index >= 15 is 0 Å². The van der Waals surface area contributed by atoms with Crippen LogP contribution in [0.1, 0.15) is 11.1 Å². The lowest BCUT2D eigenvalue weighted by Crippen LogP contribution is -2.33. The Labute approximate surface area is 160 Å². The minimum Gasteiger partial charge on any atom is -0.378 e. The molecule has 0 bridgehead atoms. The molecule has 0 aliphatic heterocycles. The lowest BCUT2D eigenvalue weighted by molar-refractivity contribution is -0.136. The van der Waals surface area contributed by atoms with Crippen molar-refractivity contribution in [3.63, 3.8) is 0 Å². The van der Waals surface area contributed by atoms with Crippen LogP contribution in [-0.2, 0) is 6.18 Å². The summed E-state index contributed by atoms with van der Waals surface area (Å²) in [5.74, 6) is 0.367. The number of carbonyl (C=O) groups is 1. The van der Waals surface area contributed by atoms with Crippen molar-refractivity contribution in [3.8, 4) is 6.07 Å². The van der Waals surface area contributed by atoms with Gasteiger partial charge in [0.25, 0.3) is 0 Å². The van der Waals surface area contributed by atoms with E-state index in [9.17, 15) is 18.0 Å². The smallest absolute Gasteiger partial charge is 0.378 e. The zero-order chi connectivity index (χ0) is 20.7. The molecule has 1 heterocycles. The molecule has 10 heteroatoms. The molecule has 0 spiro atoms.